The first-order valence-corrected chi connectivity index (χ1v) is 6.10. The highest BCUT2D eigenvalue weighted by Gasteiger charge is 2.06. The molecule has 0 saturated heterocycles. The topological polar surface area (TPSA) is 44.4 Å². The Bertz CT molecular complexity index is 193. The van der Waals surface area contributed by atoms with Gasteiger partial charge in [0.1, 0.15) is 0 Å². The highest BCUT2D eigenvalue weighted by atomic mass is 16.2. The minimum absolute atomic E-state index is 0.112. The predicted octanol–water partition coefficient (Wildman–Crippen LogP) is 0.688. The van der Waals surface area contributed by atoms with E-state index < -0.39 is 0 Å². The Kier molecular flexibility index (Phi) is 8.21. The average Bonchev–Trinajstić information content (AvgIpc) is 2.14. The summed E-state index contributed by atoms with van der Waals surface area (Å²) in [6.07, 6.45) is 0. The number of hydrogen-bond acceptors (Lipinski definition) is 3. The molecule has 0 aliphatic heterocycles. The fourth-order valence-electron chi connectivity index (χ4n) is 1.24. The fraction of sp³-hybridized carbons (Fsp3) is 0.917. The lowest BCUT2D eigenvalue weighted by molar-refractivity contribution is -0.122. The lowest BCUT2D eigenvalue weighted by Gasteiger charge is -2.18. The summed E-state index contributed by atoms with van der Waals surface area (Å²) < 4.78 is 0. The van der Waals surface area contributed by atoms with Crippen LogP contribution in [0.3, 0.4) is 0 Å². The van der Waals surface area contributed by atoms with E-state index in [0.29, 0.717) is 18.5 Å². The van der Waals surface area contributed by atoms with Crippen LogP contribution in [0.15, 0.2) is 0 Å². The second-order valence-corrected chi connectivity index (χ2v) is 5.04. The molecule has 0 aromatic rings. The van der Waals surface area contributed by atoms with Crippen LogP contribution in [0.1, 0.15) is 27.7 Å². The van der Waals surface area contributed by atoms with Crippen molar-refractivity contribution in [3.8, 4) is 0 Å². The van der Waals surface area contributed by atoms with Crippen molar-refractivity contribution < 1.29 is 4.79 Å². The number of likely N-dealkylation sites (N-methyl/N-ethyl adjacent to an activating group) is 1. The van der Waals surface area contributed by atoms with Gasteiger partial charge in [0.2, 0.25) is 5.91 Å². The van der Waals surface area contributed by atoms with Gasteiger partial charge in [-0.15, -0.1) is 0 Å². The maximum atomic E-state index is 11.5. The zero-order valence-corrected chi connectivity index (χ0v) is 11.3. The van der Waals surface area contributed by atoms with Crippen LogP contribution in [0, 0.1) is 5.92 Å². The number of hydrogen-bond donors (Lipinski definition) is 2. The van der Waals surface area contributed by atoms with Crippen LogP contribution < -0.4 is 10.6 Å². The van der Waals surface area contributed by atoms with Gasteiger partial charge in [0.15, 0.2) is 0 Å². The van der Waals surface area contributed by atoms with E-state index >= 15 is 0 Å². The summed E-state index contributed by atoms with van der Waals surface area (Å²) in [6.45, 7) is 11.5. The lowest BCUT2D eigenvalue weighted by atomic mass is 10.2. The van der Waals surface area contributed by atoms with E-state index in [-0.39, 0.29) is 5.91 Å². The second kappa shape index (κ2) is 8.53. The Morgan fingerprint density at radius 1 is 1.25 bits per heavy atom. The number of carbonyl (C=O) groups is 1. The van der Waals surface area contributed by atoms with Crippen molar-refractivity contribution in [3.05, 3.63) is 0 Å². The summed E-state index contributed by atoms with van der Waals surface area (Å²) in [6, 6.07) is 0.503. The zero-order chi connectivity index (χ0) is 12.6. The molecule has 0 atom stereocenters. The van der Waals surface area contributed by atoms with Crippen molar-refractivity contribution in [2.75, 3.05) is 33.2 Å². The van der Waals surface area contributed by atoms with Crippen molar-refractivity contribution in [1.82, 2.24) is 15.5 Å². The van der Waals surface area contributed by atoms with Crippen molar-refractivity contribution in [2.24, 2.45) is 5.92 Å². The van der Waals surface area contributed by atoms with Crippen LogP contribution in [0.25, 0.3) is 0 Å². The Hall–Kier alpha value is -0.610. The smallest absolute Gasteiger partial charge is 0.234 e. The van der Waals surface area contributed by atoms with E-state index in [0.717, 1.165) is 19.6 Å². The fourth-order valence-corrected chi connectivity index (χ4v) is 1.24. The zero-order valence-electron chi connectivity index (χ0n) is 11.3. The molecule has 2 N–H and O–H groups in total. The molecular formula is C12H27N3O. The van der Waals surface area contributed by atoms with E-state index in [9.17, 15) is 4.79 Å². The van der Waals surface area contributed by atoms with Crippen molar-refractivity contribution >= 4 is 5.91 Å². The van der Waals surface area contributed by atoms with E-state index in [1.807, 2.05) is 11.9 Å². The Labute approximate surface area is 99.8 Å². The van der Waals surface area contributed by atoms with Gasteiger partial charge in [0.25, 0.3) is 0 Å². The molecule has 0 bridgehead atoms. The first-order valence-electron chi connectivity index (χ1n) is 6.10. The molecule has 0 heterocycles. The summed E-state index contributed by atoms with van der Waals surface area (Å²) in [5.74, 6) is 0.623. The van der Waals surface area contributed by atoms with Gasteiger partial charge in [-0.05, 0) is 13.0 Å². The quantitative estimate of drug-likeness (QED) is 0.643. The number of nitrogens with zero attached hydrogens (tertiary/aromatic N) is 1. The highest BCUT2D eigenvalue weighted by molar-refractivity contribution is 5.77. The summed E-state index contributed by atoms with van der Waals surface area (Å²) >= 11 is 0. The third-order valence-corrected chi connectivity index (χ3v) is 2.17. The van der Waals surface area contributed by atoms with Gasteiger partial charge in [-0.3, -0.25) is 9.69 Å². The second-order valence-electron chi connectivity index (χ2n) is 5.04. The van der Waals surface area contributed by atoms with Gasteiger partial charge in [-0.2, -0.15) is 0 Å². The molecule has 0 radical (unpaired) electrons. The van der Waals surface area contributed by atoms with Gasteiger partial charge < -0.3 is 10.6 Å². The summed E-state index contributed by atoms with van der Waals surface area (Å²) in [5.41, 5.74) is 0. The molecule has 0 unspecified atom stereocenters. The Balaban J connectivity index is 3.54. The van der Waals surface area contributed by atoms with Gasteiger partial charge in [0, 0.05) is 25.7 Å². The minimum atomic E-state index is 0.112. The first-order chi connectivity index (χ1) is 7.41. The third kappa shape index (κ3) is 9.93. The Morgan fingerprint density at radius 2 is 1.88 bits per heavy atom. The molecule has 0 saturated carbocycles. The highest BCUT2D eigenvalue weighted by Crippen LogP contribution is 1.88. The monoisotopic (exact) mass is 229 g/mol. The van der Waals surface area contributed by atoms with Crippen LogP contribution in [-0.2, 0) is 4.79 Å². The van der Waals surface area contributed by atoms with Crippen LogP contribution in [0.2, 0.25) is 0 Å². The molecule has 0 spiro atoms. The largest absolute Gasteiger partial charge is 0.355 e. The molecule has 0 rings (SSSR count). The van der Waals surface area contributed by atoms with Gasteiger partial charge in [-0.1, -0.05) is 27.7 Å². The lowest BCUT2D eigenvalue weighted by Crippen LogP contribution is -2.40. The average molecular weight is 229 g/mol. The SMILES string of the molecule is CC(C)CNC(=O)CN(C)CCNC(C)C. The minimum Gasteiger partial charge on any atom is -0.355 e. The predicted molar refractivity (Wildman–Crippen MR) is 68.5 cm³/mol. The molecular weight excluding hydrogens is 202 g/mol. The molecule has 96 valence electrons. The molecule has 0 aromatic heterocycles. The number of rotatable bonds is 8. The summed E-state index contributed by atoms with van der Waals surface area (Å²) in [7, 11) is 1.97. The molecule has 0 fully saturated rings. The van der Waals surface area contributed by atoms with Crippen molar-refractivity contribution in [3.63, 3.8) is 0 Å². The maximum absolute atomic E-state index is 11.5. The standard InChI is InChI=1S/C12H27N3O/c1-10(2)8-14-12(16)9-15(5)7-6-13-11(3)4/h10-11,13H,6-9H2,1-5H3,(H,14,16). The first kappa shape index (κ1) is 15.4. The number of amides is 1. The van der Waals surface area contributed by atoms with Gasteiger partial charge >= 0.3 is 0 Å². The molecule has 16 heavy (non-hydrogen) atoms. The van der Waals surface area contributed by atoms with Gasteiger partial charge in [0.05, 0.1) is 6.54 Å². The van der Waals surface area contributed by atoms with Crippen LogP contribution in [0.5, 0.6) is 0 Å². The van der Waals surface area contributed by atoms with Crippen LogP contribution in [-0.4, -0.2) is 50.1 Å². The van der Waals surface area contributed by atoms with Gasteiger partial charge in [-0.25, -0.2) is 0 Å². The van der Waals surface area contributed by atoms with E-state index in [1.54, 1.807) is 0 Å². The molecule has 0 aromatic carbocycles. The molecule has 0 aliphatic rings. The number of carbonyl (C=O) groups excluding carboxylic acids is 1. The normalized spacial score (nSPS) is 11.5. The molecule has 4 nitrogen and oxygen atoms in total. The Morgan fingerprint density at radius 3 is 2.38 bits per heavy atom. The summed E-state index contributed by atoms with van der Waals surface area (Å²) in [4.78, 5) is 13.5. The summed E-state index contributed by atoms with van der Waals surface area (Å²) in [5, 5.41) is 6.24. The molecule has 0 aliphatic carbocycles. The molecule has 1 amide bonds. The van der Waals surface area contributed by atoms with Crippen LogP contribution in [0.4, 0.5) is 0 Å². The third-order valence-electron chi connectivity index (χ3n) is 2.17. The van der Waals surface area contributed by atoms with Crippen LogP contribution >= 0.6 is 0 Å². The molecule has 4 heteroatoms. The van der Waals surface area contributed by atoms with E-state index in [4.69, 9.17) is 0 Å². The maximum Gasteiger partial charge on any atom is 0.234 e. The van der Waals surface area contributed by atoms with Crippen molar-refractivity contribution in [2.45, 2.75) is 33.7 Å². The van der Waals surface area contributed by atoms with E-state index in [2.05, 4.69) is 38.3 Å². The van der Waals surface area contributed by atoms with E-state index in [1.165, 1.54) is 0 Å². The van der Waals surface area contributed by atoms with Crippen molar-refractivity contribution in [1.29, 1.82) is 0 Å². The number of nitrogens with one attached hydrogen (secondary N) is 2.